The van der Waals surface area contributed by atoms with Crippen LogP contribution in [0.15, 0.2) is 24.3 Å². The Hall–Kier alpha value is -0.860. The van der Waals surface area contributed by atoms with Gasteiger partial charge in [0.05, 0.1) is 6.61 Å². The molecule has 1 aromatic rings. The minimum absolute atomic E-state index is 0.159. The summed E-state index contributed by atoms with van der Waals surface area (Å²) in [6.45, 7) is 1.75. The average molecular weight is 245 g/mol. The summed E-state index contributed by atoms with van der Waals surface area (Å²) in [5.74, 6) is 0.491. The summed E-state index contributed by atoms with van der Waals surface area (Å²) in [6.07, 6.45) is 7.17. The van der Waals surface area contributed by atoms with Gasteiger partial charge in [0, 0.05) is 18.1 Å². The van der Waals surface area contributed by atoms with Crippen molar-refractivity contribution in [2.75, 3.05) is 13.2 Å². The van der Waals surface area contributed by atoms with Crippen molar-refractivity contribution in [3.8, 4) is 0 Å². The predicted octanol–water partition coefficient (Wildman–Crippen LogP) is 2.99. The summed E-state index contributed by atoms with van der Waals surface area (Å²) in [7, 11) is 0. The molecule has 0 radical (unpaired) electrons. The molecule has 1 aliphatic carbocycles. The number of rotatable bonds is 1. The van der Waals surface area contributed by atoms with E-state index in [0.717, 1.165) is 26.1 Å². The highest BCUT2D eigenvalue weighted by Gasteiger charge is 2.39. The van der Waals surface area contributed by atoms with Crippen LogP contribution in [0.5, 0.6) is 0 Å². The Morgan fingerprint density at radius 1 is 1.17 bits per heavy atom. The summed E-state index contributed by atoms with van der Waals surface area (Å²) in [6, 6.07) is 8.78. The van der Waals surface area contributed by atoms with Crippen molar-refractivity contribution in [2.45, 2.75) is 44.1 Å². The molecule has 3 rings (SSSR count). The van der Waals surface area contributed by atoms with E-state index in [1.54, 1.807) is 0 Å². The second-order valence-electron chi connectivity index (χ2n) is 5.82. The smallest absolute Gasteiger partial charge is 0.0515 e. The van der Waals surface area contributed by atoms with E-state index in [1.165, 1.54) is 36.8 Å². The molecule has 0 aromatic heterocycles. The van der Waals surface area contributed by atoms with Gasteiger partial charge in [0.1, 0.15) is 0 Å². The summed E-state index contributed by atoms with van der Waals surface area (Å²) in [5.41, 5.74) is 9.55. The molecule has 0 spiro atoms. The fourth-order valence-electron chi connectivity index (χ4n) is 3.63. The van der Waals surface area contributed by atoms with Gasteiger partial charge >= 0.3 is 0 Å². The molecular weight excluding hydrogens is 222 g/mol. The molecule has 2 atom stereocenters. The zero-order valence-electron chi connectivity index (χ0n) is 11.0. The number of aryl methyl sites for hydroxylation is 1. The molecule has 1 aliphatic heterocycles. The van der Waals surface area contributed by atoms with Crippen molar-refractivity contribution in [3.05, 3.63) is 35.4 Å². The van der Waals surface area contributed by atoms with Gasteiger partial charge in [0.15, 0.2) is 0 Å². The second-order valence-corrected chi connectivity index (χ2v) is 5.82. The molecule has 0 amide bonds. The van der Waals surface area contributed by atoms with Gasteiger partial charge in [-0.1, -0.05) is 30.7 Å². The number of fused-ring (bicyclic) bond motifs is 1. The first kappa shape index (κ1) is 12.2. The Morgan fingerprint density at radius 2 is 2.06 bits per heavy atom. The molecule has 98 valence electrons. The molecule has 2 unspecified atom stereocenters. The zero-order valence-corrected chi connectivity index (χ0v) is 11.0. The Morgan fingerprint density at radius 3 is 2.89 bits per heavy atom. The Bertz CT molecular complexity index is 411. The SMILES string of the molecule is NC1(C2CCCOC2)CCCCc2ccccc21. The molecule has 1 fully saturated rings. The van der Waals surface area contributed by atoms with Crippen molar-refractivity contribution in [3.63, 3.8) is 0 Å². The van der Waals surface area contributed by atoms with Crippen LogP contribution in [0.25, 0.3) is 0 Å². The fourth-order valence-corrected chi connectivity index (χ4v) is 3.63. The molecule has 0 bridgehead atoms. The van der Waals surface area contributed by atoms with Crippen molar-refractivity contribution >= 4 is 0 Å². The van der Waals surface area contributed by atoms with Crippen LogP contribution >= 0.6 is 0 Å². The maximum absolute atomic E-state index is 6.87. The van der Waals surface area contributed by atoms with E-state index in [2.05, 4.69) is 24.3 Å². The van der Waals surface area contributed by atoms with Gasteiger partial charge in [0.25, 0.3) is 0 Å². The molecule has 2 heteroatoms. The Labute approximate surface area is 110 Å². The maximum atomic E-state index is 6.87. The quantitative estimate of drug-likeness (QED) is 0.772. The van der Waals surface area contributed by atoms with E-state index >= 15 is 0 Å². The van der Waals surface area contributed by atoms with E-state index in [1.807, 2.05) is 0 Å². The van der Waals surface area contributed by atoms with Crippen LogP contribution in [-0.2, 0) is 16.7 Å². The summed E-state index contributed by atoms with van der Waals surface area (Å²) in [5, 5.41) is 0. The first-order valence-electron chi connectivity index (χ1n) is 7.26. The van der Waals surface area contributed by atoms with E-state index in [0.29, 0.717) is 5.92 Å². The number of hydrogen-bond donors (Lipinski definition) is 1. The highest BCUT2D eigenvalue weighted by molar-refractivity contribution is 5.35. The molecule has 1 aromatic carbocycles. The van der Waals surface area contributed by atoms with Crippen LogP contribution < -0.4 is 5.73 Å². The molecule has 2 nitrogen and oxygen atoms in total. The highest BCUT2D eigenvalue weighted by Crippen LogP contribution is 2.40. The molecule has 18 heavy (non-hydrogen) atoms. The van der Waals surface area contributed by atoms with Gasteiger partial charge in [-0.15, -0.1) is 0 Å². The molecule has 1 heterocycles. The summed E-state index contributed by atoms with van der Waals surface area (Å²) >= 11 is 0. The van der Waals surface area contributed by atoms with Crippen molar-refractivity contribution in [2.24, 2.45) is 11.7 Å². The third-order valence-electron chi connectivity index (χ3n) is 4.69. The van der Waals surface area contributed by atoms with Gasteiger partial charge in [-0.2, -0.15) is 0 Å². The van der Waals surface area contributed by atoms with E-state index in [4.69, 9.17) is 10.5 Å². The van der Waals surface area contributed by atoms with Crippen molar-refractivity contribution in [1.29, 1.82) is 0 Å². The van der Waals surface area contributed by atoms with E-state index in [-0.39, 0.29) is 5.54 Å². The van der Waals surface area contributed by atoms with E-state index in [9.17, 15) is 0 Å². The molecular formula is C16H23NO. The van der Waals surface area contributed by atoms with Crippen LogP contribution in [0, 0.1) is 5.92 Å². The summed E-state index contributed by atoms with van der Waals surface area (Å²) in [4.78, 5) is 0. The predicted molar refractivity (Wildman–Crippen MR) is 73.4 cm³/mol. The third-order valence-corrected chi connectivity index (χ3v) is 4.69. The van der Waals surface area contributed by atoms with Crippen LogP contribution in [0.4, 0.5) is 0 Å². The molecule has 2 aliphatic rings. The topological polar surface area (TPSA) is 35.2 Å². The lowest BCUT2D eigenvalue weighted by Crippen LogP contribution is -2.47. The van der Waals surface area contributed by atoms with Gasteiger partial charge < -0.3 is 10.5 Å². The average Bonchev–Trinajstić information content (AvgIpc) is 2.61. The molecule has 1 saturated heterocycles. The van der Waals surface area contributed by atoms with Crippen molar-refractivity contribution in [1.82, 2.24) is 0 Å². The minimum Gasteiger partial charge on any atom is -0.381 e. The lowest BCUT2D eigenvalue weighted by molar-refractivity contribution is 0.0173. The van der Waals surface area contributed by atoms with Crippen molar-refractivity contribution < 1.29 is 4.74 Å². The largest absolute Gasteiger partial charge is 0.381 e. The van der Waals surface area contributed by atoms with Gasteiger partial charge in [-0.25, -0.2) is 0 Å². The Balaban J connectivity index is 1.98. The molecule has 0 saturated carbocycles. The number of ether oxygens (including phenoxy) is 1. The highest BCUT2D eigenvalue weighted by atomic mass is 16.5. The van der Waals surface area contributed by atoms with Crippen LogP contribution in [-0.4, -0.2) is 13.2 Å². The lowest BCUT2D eigenvalue weighted by atomic mass is 9.73. The normalized spacial score (nSPS) is 32.6. The van der Waals surface area contributed by atoms with Crippen LogP contribution in [0.1, 0.15) is 43.2 Å². The third kappa shape index (κ3) is 2.08. The second kappa shape index (κ2) is 5.02. The molecule has 2 N–H and O–H groups in total. The summed E-state index contributed by atoms with van der Waals surface area (Å²) < 4.78 is 5.68. The standard InChI is InChI=1S/C16H23NO/c17-16(14-8-5-11-18-12-14)10-4-3-7-13-6-1-2-9-15(13)16/h1-2,6,9,14H,3-5,7-8,10-12,17H2. The zero-order chi connectivity index (χ0) is 12.4. The first-order chi connectivity index (χ1) is 8.81. The maximum Gasteiger partial charge on any atom is 0.0515 e. The number of nitrogens with two attached hydrogens (primary N) is 1. The van der Waals surface area contributed by atoms with Gasteiger partial charge in [-0.3, -0.25) is 0 Å². The van der Waals surface area contributed by atoms with Gasteiger partial charge in [-0.05, 0) is 43.2 Å². The Kier molecular flexibility index (Phi) is 3.40. The number of hydrogen-bond acceptors (Lipinski definition) is 2. The minimum atomic E-state index is -0.159. The van der Waals surface area contributed by atoms with Crippen LogP contribution in [0.2, 0.25) is 0 Å². The first-order valence-corrected chi connectivity index (χ1v) is 7.26. The lowest BCUT2D eigenvalue weighted by Gasteiger charge is -2.40. The van der Waals surface area contributed by atoms with Gasteiger partial charge in [0.2, 0.25) is 0 Å². The van der Waals surface area contributed by atoms with Crippen LogP contribution in [0.3, 0.4) is 0 Å². The fraction of sp³-hybridized carbons (Fsp3) is 0.625. The monoisotopic (exact) mass is 245 g/mol. The van der Waals surface area contributed by atoms with E-state index < -0.39 is 0 Å². The number of benzene rings is 1.